The summed E-state index contributed by atoms with van der Waals surface area (Å²) in [7, 11) is 0. The third kappa shape index (κ3) is 5.40. The molecule has 0 unspecified atom stereocenters. The zero-order chi connectivity index (χ0) is 28.0. The molecule has 0 saturated heterocycles. The molecule has 0 aliphatic heterocycles. The topological polar surface area (TPSA) is 57.5 Å². The average molecular weight is 519 g/mol. The number of rotatable bonds is 8. The van der Waals surface area contributed by atoms with Gasteiger partial charge in [-0.25, -0.2) is 0 Å². The van der Waals surface area contributed by atoms with E-state index in [1.807, 2.05) is 6.07 Å². The predicted octanol–water partition coefficient (Wildman–Crippen LogP) is 9.14. The Morgan fingerprint density at radius 3 is 2.32 bits per heavy atom. The molecule has 1 saturated carbocycles. The van der Waals surface area contributed by atoms with Crippen molar-refractivity contribution in [2.45, 2.75) is 124 Å². The second-order valence-corrected chi connectivity index (χ2v) is 14.1. The summed E-state index contributed by atoms with van der Waals surface area (Å²) in [5.41, 5.74) is 6.37. The number of hydrogen-bond acceptors (Lipinski definition) is 3. The molecule has 2 aromatic carbocycles. The van der Waals surface area contributed by atoms with Gasteiger partial charge in [-0.2, -0.15) is 0 Å². The molecule has 38 heavy (non-hydrogen) atoms. The first kappa shape index (κ1) is 28.7. The highest BCUT2D eigenvalue weighted by Gasteiger charge is 2.52. The van der Waals surface area contributed by atoms with Gasteiger partial charge in [0.15, 0.2) is 0 Å². The van der Waals surface area contributed by atoms with E-state index >= 15 is 0 Å². The molecule has 4 rings (SSSR count). The molecule has 0 radical (unpaired) electrons. The smallest absolute Gasteiger partial charge is 0.129 e. The van der Waals surface area contributed by atoms with Gasteiger partial charge in [0.2, 0.25) is 0 Å². The number of carbonyl (C=O) groups is 1. The third-order valence-electron chi connectivity index (χ3n) is 10.2. The van der Waals surface area contributed by atoms with Crippen LogP contribution in [0.5, 0.6) is 11.5 Å². The summed E-state index contributed by atoms with van der Waals surface area (Å²) in [4.78, 5) is 11.7. The van der Waals surface area contributed by atoms with E-state index in [1.165, 1.54) is 36.0 Å². The Balaban J connectivity index is 1.77. The quantitative estimate of drug-likeness (QED) is 0.366. The number of ketones is 1. The van der Waals surface area contributed by atoms with Crippen LogP contribution in [0, 0.1) is 17.3 Å². The SMILES string of the molecule is CC(=O)CC[C@@H](c1cc(C[C@@H]2C[C@H]3C(C)(C)CCC[C@]3(C)c3cc(O)c(C(C)C)cc32)ccc1O)C(C)C. The molecule has 2 aliphatic carbocycles. The van der Waals surface area contributed by atoms with Gasteiger partial charge in [-0.05, 0) is 119 Å². The number of carbonyl (C=O) groups excluding carboxylic acids is 1. The number of phenolic OH excluding ortho intramolecular Hbond substituents is 2. The first-order valence-electron chi connectivity index (χ1n) is 14.9. The fourth-order valence-corrected chi connectivity index (χ4v) is 8.06. The standard InChI is InChI=1S/C35H50O3/c1-21(2)26(12-10-23(5)36)29-17-24(11-13-31(29)37)16-25-18-33-34(6,7)14-9-15-35(33,8)30-20-32(38)27(22(3)4)19-28(25)30/h11,13,17,19-22,25-26,33,37-38H,9-10,12,14-16,18H2,1-8H3/t25-,26-,33+,35-/m1/s1. The van der Waals surface area contributed by atoms with E-state index < -0.39 is 0 Å². The zero-order valence-electron chi connectivity index (χ0n) is 25.0. The van der Waals surface area contributed by atoms with Crippen LogP contribution >= 0.6 is 0 Å². The van der Waals surface area contributed by atoms with Crippen molar-refractivity contribution in [1.82, 2.24) is 0 Å². The van der Waals surface area contributed by atoms with Gasteiger partial charge >= 0.3 is 0 Å². The van der Waals surface area contributed by atoms with Crippen molar-refractivity contribution in [1.29, 1.82) is 0 Å². The molecule has 3 heteroatoms. The normalized spacial score (nSPS) is 25.2. The fourth-order valence-electron chi connectivity index (χ4n) is 8.06. The Morgan fingerprint density at radius 2 is 1.68 bits per heavy atom. The van der Waals surface area contributed by atoms with Crippen LogP contribution in [-0.2, 0) is 16.6 Å². The molecular weight excluding hydrogens is 468 g/mol. The van der Waals surface area contributed by atoms with Gasteiger partial charge in [-0.3, -0.25) is 0 Å². The predicted molar refractivity (Wildman–Crippen MR) is 157 cm³/mol. The monoisotopic (exact) mass is 518 g/mol. The zero-order valence-corrected chi connectivity index (χ0v) is 25.0. The lowest BCUT2D eigenvalue weighted by Crippen LogP contribution is -2.49. The van der Waals surface area contributed by atoms with E-state index in [4.69, 9.17) is 0 Å². The summed E-state index contributed by atoms with van der Waals surface area (Å²) < 4.78 is 0. The van der Waals surface area contributed by atoms with Crippen molar-refractivity contribution in [2.24, 2.45) is 17.3 Å². The van der Waals surface area contributed by atoms with Gasteiger partial charge in [0.1, 0.15) is 17.3 Å². The number of fused-ring (bicyclic) bond motifs is 3. The summed E-state index contributed by atoms with van der Waals surface area (Å²) in [6, 6.07) is 10.6. The minimum absolute atomic E-state index is 0.0795. The second kappa shape index (κ2) is 10.7. The lowest BCUT2D eigenvalue weighted by atomic mass is 9.48. The summed E-state index contributed by atoms with van der Waals surface area (Å²) in [5.74, 6) is 2.67. The molecule has 0 heterocycles. The molecule has 0 aromatic heterocycles. The molecule has 208 valence electrons. The summed E-state index contributed by atoms with van der Waals surface area (Å²) >= 11 is 0. The molecule has 0 bridgehead atoms. The molecule has 0 spiro atoms. The van der Waals surface area contributed by atoms with Crippen LogP contribution in [-0.4, -0.2) is 16.0 Å². The fraction of sp³-hybridized carbons (Fsp3) is 0.629. The molecule has 2 N–H and O–H groups in total. The summed E-state index contributed by atoms with van der Waals surface area (Å²) in [5, 5.41) is 21.9. The van der Waals surface area contributed by atoms with Gasteiger partial charge in [0, 0.05) is 6.42 Å². The van der Waals surface area contributed by atoms with E-state index in [-0.39, 0.29) is 28.4 Å². The van der Waals surface area contributed by atoms with Crippen molar-refractivity contribution >= 4 is 5.78 Å². The first-order valence-corrected chi connectivity index (χ1v) is 14.9. The van der Waals surface area contributed by atoms with Gasteiger partial charge in [-0.1, -0.05) is 73.1 Å². The van der Waals surface area contributed by atoms with E-state index in [1.54, 1.807) is 6.92 Å². The number of aromatic hydroxyl groups is 2. The van der Waals surface area contributed by atoms with Crippen molar-refractivity contribution in [3.63, 3.8) is 0 Å². The second-order valence-electron chi connectivity index (χ2n) is 14.1. The van der Waals surface area contributed by atoms with Crippen molar-refractivity contribution in [2.75, 3.05) is 0 Å². The average Bonchev–Trinajstić information content (AvgIpc) is 2.81. The Bertz CT molecular complexity index is 1170. The third-order valence-corrected chi connectivity index (χ3v) is 10.2. The van der Waals surface area contributed by atoms with Gasteiger partial charge in [0.25, 0.3) is 0 Å². The number of Topliss-reactive ketones (excluding diaryl/α,β-unsaturated/α-hetero) is 1. The lowest BCUT2D eigenvalue weighted by molar-refractivity contribution is -0.117. The van der Waals surface area contributed by atoms with Gasteiger partial charge in [-0.15, -0.1) is 0 Å². The molecule has 1 fully saturated rings. The minimum Gasteiger partial charge on any atom is -0.508 e. The lowest BCUT2D eigenvalue weighted by Gasteiger charge is -2.56. The molecule has 4 atom stereocenters. The van der Waals surface area contributed by atoms with Crippen molar-refractivity contribution in [3.05, 3.63) is 58.1 Å². The first-order chi connectivity index (χ1) is 17.7. The van der Waals surface area contributed by atoms with Crippen LogP contribution < -0.4 is 0 Å². The van der Waals surface area contributed by atoms with Crippen LogP contribution in [0.15, 0.2) is 30.3 Å². The van der Waals surface area contributed by atoms with E-state index in [0.717, 1.165) is 30.4 Å². The Morgan fingerprint density at radius 1 is 0.974 bits per heavy atom. The summed E-state index contributed by atoms with van der Waals surface area (Å²) in [6.45, 7) is 17.7. The van der Waals surface area contributed by atoms with Crippen molar-refractivity contribution in [3.8, 4) is 11.5 Å². The maximum Gasteiger partial charge on any atom is 0.129 e. The number of phenols is 2. The minimum atomic E-state index is 0.0795. The van der Waals surface area contributed by atoms with E-state index in [9.17, 15) is 15.0 Å². The Labute approximate surface area is 231 Å². The Hall–Kier alpha value is -2.29. The Kier molecular flexibility index (Phi) is 8.09. The van der Waals surface area contributed by atoms with Crippen LogP contribution in [0.25, 0.3) is 0 Å². The number of benzene rings is 2. The van der Waals surface area contributed by atoms with E-state index in [0.29, 0.717) is 35.7 Å². The molecule has 0 amide bonds. The largest absolute Gasteiger partial charge is 0.508 e. The summed E-state index contributed by atoms with van der Waals surface area (Å²) in [6.07, 6.45) is 7.03. The van der Waals surface area contributed by atoms with Crippen LogP contribution in [0.3, 0.4) is 0 Å². The molecule has 2 aromatic rings. The van der Waals surface area contributed by atoms with Crippen LogP contribution in [0.2, 0.25) is 0 Å². The molecular formula is C35H50O3. The van der Waals surface area contributed by atoms with E-state index in [2.05, 4.69) is 72.7 Å². The highest BCUT2D eigenvalue weighted by Crippen LogP contribution is 2.60. The maximum atomic E-state index is 11.7. The highest BCUT2D eigenvalue weighted by molar-refractivity contribution is 5.75. The van der Waals surface area contributed by atoms with Gasteiger partial charge in [0.05, 0.1) is 0 Å². The maximum absolute atomic E-state index is 11.7. The van der Waals surface area contributed by atoms with Gasteiger partial charge < -0.3 is 15.0 Å². The molecule has 2 aliphatic rings. The molecule has 3 nitrogen and oxygen atoms in total. The van der Waals surface area contributed by atoms with Crippen LogP contribution in [0.4, 0.5) is 0 Å². The highest BCUT2D eigenvalue weighted by atomic mass is 16.3. The van der Waals surface area contributed by atoms with Crippen molar-refractivity contribution < 1.29 is 15.0 Å². The van der Waals surface area contributed by atoms with Crippen LogP contribution in [0.1, 0.15) is 139 Å². The number of hydrogen-bond donors (Lipinski definition) is 2.